The predicted molar refractivity (Wildman–Crippen MR) is 80.4 cm³/mol. The minimum absolute atomic E-state index is 0.0102. The molecule has 1 aromatic heterocycles. The lowest BCUT2D eigenvalue weighted by Crippen LogP contribution is -2.20. The third kappa shape index (κ3) is 2.93. The molecule has 2 unspecified atom stereocenters. The van der Waals surface area contributed by atoms with Crippen LogP contribution in [0, 0.1) is 10.1 Å². The molecule has 1 N–H and O–H groups in total. The second-order valence-corrected chi connectivity index (χ2v) is 6.28. The van der Waals surface area contributed by atoms with E-state index in [2.05, 4.69) is 10.3 Å². The molecule has 2 rings (SSSR count). The number of nitro benzene ring substituents is 1. The zero-order chi connectivity index (χ0) is 14.7. The number of hydrogen-bond donors (Lipinski definition) is 1. The fourth-order valence-corrected chi connectivity index (χ4v) is 2.15. The highest BCUT2D eigenvalue weighted by Gasteiger charge is 2.15. The molecule has 0 fully saturated rings. The van der Waals surface area contributed by atoms with Crippen molar-refractivity contribution in [2.45, 2.75) is 12.2 Å². The van der Waals surface area contributed by atoms with Gasteiger partial charge in [0.25, 0.3) is 5.69 Å². The van der Waals surface area contributed by atoms with Gasteiger partial charge in [0.2, 0.25) is 0 Å². The van der Waals surface area contributed by atoms with Crippen LogP contribution in [0.1, 0.15) is 6.92 Å². The summed E-state index contributed by atoms with van der Waals surface area (Å²) < 4.78 is 11.3. The van der Waals surface area contributed by atoms with Crippen molar-refractivity contribution in [3.05, 3.63) is 40.6 Å². The van der Waals surface area contributed by atoms with Crippen molar-refractivity contribution >= 4 is 33.1 Å². The Morgan fingerprint density at radius 2 is 2.20 bits per heavy atom. The number of pyridine rings is 1. The van der Waals surface area contributed by atoms with Crippen molar-refractivity contribution in [1.82, 2.24) is 4.98 Å². The maximum atomic E-state index is 11.3. The van der Waals surface area contributed by atoms with Crippen molar-refractivity contribution in [2.75, 3.05) is 18.1 Å². The van der Waals surface area contributed by atoms with E-state index in [1.165, 1.54) is 6.07 Å². The molecule has 0 radical (unpaired) electrons. The van der Waals surface area contributed by atoms with Gasteiger partial charge in [0.1, 0.15) is 5.52 Å². The van der Waals surface area contributed by atoms with E-state index < -0.39 is 15.7 Å². The van der Waals surface area contributed by atoms with Gasteiger partial charge in [0.05, 0.1) is 16.0 Å². The highest BCUT2D eigenvalue weighted by atomic mass is 32.2. The first-order chi connectivity index (χ1) is 9.50. The number of benzene rings is 1. The first-order valence-electron chi connectivity index (χ1n) is 6.09. The average Bonchev–Trinajstić information content (AvgIpc) is 2.43. The number of non-ortho nitro benzene ring substituents is 1. The van der Waals surface area contributed by atoms with E-state index >= 15 is 0 Å². The molecule has 0 saturated heterocycles. The summed E-state index contributed by atoms with van der Waals surface area (Å²) in [6.45, 7) is 2.40. The molecule has 6 nitrogen and oxygen atoms in total. The first-order valence-corrected chi connectivity index (χ1v) is 7.71. The number of nitrogens with one attached hydrogen (secondary N) is 1. The van der Waals surface area contributed by atoms with Crippen LogP contribution in [0.2, 0.25) is 0 Å². The normalized spacial score (nSPS) is 13.9. The van der Waals surface area contributed by atoms with E-state index in [0.29, 0.717) is 23.1 Å². The van der Waals surface area contributed by atoms with Crippen LogP contribution < -0.4 is 5.32 Å². The van der Waals surface area contributed by atoms with E-state index in [9.17, 15) is 14.3 Å². The Kier molecular flexibility index (Phi) is 4.29. The molecule has 20 heavy (non-hydrogen) atoms. The van der Waals surface area contributed by atoms with Crippen LogP contribution in [0.3, 0.4) is 0 Å². The first kappa shape index (κ1) is 14.4. The summed E-state index contributed by atoms with van der Waals surface area (Å²) in [5.74, 6) is 0. The van der Waals surface area contributed by atoms with Gasteiger partial charge in [-0.1, -0.05) is 0 Å². The van der Waals surface area contributed by atoms with Crippen LogP contribution in [0.5, 0.6) is 0 Å². The third-order valence-corrected chi connectivity index (χ3v) is 4.39. The molecule has 2 aromatic rings. The summed E-state index contributed by atoms with van der Waals surface area (Å²) in [5.41, 5.74) is 1.30. The molecule has 106 valence electrons. The van der Waals surface area contributed by atoms with Gasteiger partial charge in [-0.15, -0.1) is 0 Å². The molecule has 0 amide bonds. The lowest BCUT2D eigenvalue weighted by molar-refractivity contribution is -0.383. The van der Waals surface area contributed by atoms with Crippen LogP contribution in [0.4, 0.5) is 11.4 Å². The smallest absolute Gasteiger partial charge is 0.278 e. The fraction of sp³-hybridized carbons (Fsp3) is 0.308. The van der Waals surface area contributed by atoms with Gasteiger partial charge in [-0.2, -0.15) is 0 Å². The highest BCUT2D eigenvalue weighted by molar-refractivity contribution is 7.84. The SMILES string of the molecule is CC(CNc1ccc([N+](=O)[O-])c2cccnc12)S(C)=O. The maximum Gasteiger partial charge on any atom is 0.278 e. The highest BCUT2D eigenvalue weighted by Crippen LogP contribution is 2.29. The molecule has 0 saturated carbocycles. The van der Waals surface area contributed by atoms with Gasteiger partial charge in [-0.25, -0.2) is 0 Å². The number of rotatable bonds is 5. The van der Waals surface area contributed by atoms with Crippen molar-refractivity contribution in [2.24, 2.45) is 0 Å². The Hall–Kier alpha value is -2.02. The fourth-order valence-electron chi connectivity index (χ4n) is 1.83. The molecular weight excluding hydrogens is 278 g/mol. The lowest BCUT2D eigenvalue weighted by atomic mass is 10.1. The summed E-state index contributed by atoms with van der Waals surface area (Å²) in [4.78, 5) is 14.8. The third-order valence-electron chi connectivity index (χ3n) is 3.09. The number of fused-ring (bicyclic) bond motifs is 1. The minimum Gasteiger partial charge on any atom is -0.382 e. The standard InChI is InChI=1S/C13H15N3O3S/c1-9(20(2)19)8-15-11-5-6-12(16(17)18)10-4-3-7-14-13(10)11/h3-7,9,15H,8H2,1-2H3. The number of nitrogens with zero attached hydrogens (tertiary/aromatic N) is 2. The van der Waals surface area contributed by atoms with Gasteiger partial charge in [-0.3, -0.25) is 19.3 Å². The van der Waals surface area contributed by atoms with Crippen LogP contribution in [-0.2, 0) is 10.8 Å². The molecule has 0 aliphatic carbocycles. The van der Waals surface area contributed by atoms with E-state index in [1.54, 1.807) is 30.7 Å². The van der Waals surface area contributed by atoms with Crippen LogP contribution >= 0.6 is 0 Å². The van der Waals surface area contributed by atoms with E-state index in [4.69, 9.17) is 0 Å². The van der Waals surface area contributed by atoms with Crippen molar-refractivity contribution in [3.63, 3.8) is 0 Å². The van der Waals surface area contributed by atoms with Crippen molar-refractivity contribution in [1.29, 1.82) is 0 Å². The van der Waals surface area contributed by atoms with Gasteiger partial charge < -0.3 is 5.32 Å². The summed E-state index contributed by atoms with van der Waals surface area (Å²) in [6.07, 6.45) is 3.25. The Bertz CT molecular complexity index is 675. The van der Waals surface area contributed by atoms with Crippen LogP contribution in [-0.4, -0.2) is 32.2 Å². The second-order valence-electron chi connectivity index (χ2n) is 4.48. The number of nitro groups is 1. The molecule has 1 aromatic carbocycles. The lowest BCUT2D eigenvalue weighted by Gasteiger charge is -2.12. The topological polar surface area (TPSA) is 85.1 Å². The molecule has 0 aliphatic rings. The zero-order valence-electron chi connectivity index (χ0n) is 11.2. The Labute approximate surface area is 118 Å². The summed E-state index contributed by atoms with van der Waals surface area (Å²) in [5, 5.41) is 14.6. The van der Waals surface area contributed by atoms with E-state index in [0.717, 1.165) is 0 Å². The molecule has 0 bridgehead atoms. The molecule has 0 aliphatic heterocycles. The molecule has 7 heteroatoms. The average molecular weight is 293 g/mol. The molecule has 1 heterocycles. The van der Waals surface area contributed by atoms with Gasteiger partial charge in [0, 0.05) is 41.1 Å². The number of anilines is 1. The van der Waals surface area contributed by atoms with Gasteiger partial charge >= 0.3 is 0 Å². The monoisotopic (exact) mass is 293 g/mol. The van der Waals surface area contributed by atoms with Crippen LogP contribution in [0.25, 0.3) is 10.9 Å². The molecule has 0 spiro atoms. The van der Waals surface area contributed by atoms with Gasteiger partial charge in [-0.05, 0) is 25.1 Å². The maximum absolute atomic E-state index is 11.3. The van der Waals surface area contributed by atoms with Crippen molar-refractivity contribution < 1.29 is 9.13 Å². The van der Waals surface area contributed by atoms with Gasteiger partial charge in [0.15, 0.2) is 0 Å². The Morgan fingerprint density at radius 3 is 2.85 bits per heavy atom. The Balaban J connectivity index is 2.38. The largest absolute Gasteiger partial charge is 0.382 e. The number of aromatic nitrogens is 1. The van der Waals surface area contributed by atoms with Crippen molar-refractivity contribution in [3.8, 4) is 0 Å². The predicted octanol–water partition coefficient (Wildman–Crippen LogP) is 2.32. The zero-order valence-corrected chi connectivity index (χ0v) is 12.0. The second kappa shape index (κ2) is 5.96. The summed E-state index contributed by atoms with van der Waals surface area (Å²) in [7, 11) is -0.921. The number of hydrogen-bond acceptors (Lipinski definition) is 5. The molecular formula is C13H15N3O3S. The summed E-state index contributed by atoms with van der Waals surface area (Å²) in [6, 6.07) is 6.44. The summed E-state index contributed by atoms with van der Waals surface area (Å²) >= 11 is 0. The van der Waals surface area contributed by atoms with E-state index in [1.807, 2.05) is 6.92 Å². The van der Waals surface area contributed by atoms with Crippen LogP contribution in [0.15, 0.2) is 30.5 Å². The quantitative estimate of drug-likeness (QED) is 0.675. The molecule has 2 atom stereocenters. The Morgan fingerprint density at radius 1 is 1.45 bits per heavy atom. The van der Waals surface area contributed by atoms with E-state index in [-0.39, 0.29) is 10.9 Å². The minimum atomic E-state index is -0.921.